The van der Waals surface area contributed by atoms with Gasteiger partial charge in [-0.15, -0.1) is 0 Å². The molecule has 0 unspecified atom stereocenters. The number of methoxy groups -OCH3 is 1. The van der Waals surface area contributed by atoms with E-state index in [1.165, 1.54) is 0 Å². The first kappa shape index (κ1) is 23.6. The Morgan fingerprint density at radius 1 is 0.686 bits per heavy atom. The molecule has 0 heterocycles. The number of hydrogen-bond donors (Lipinski definition) is 2. The van der Waals surface area contributed by atoms with Crippen LogP contribution in [0.15, 0.2) is 103 Å². The fourth-order valence-corrected chi connectivity index (χ4v) is 3.50. The maximum atomic E-state index is 12.8. The van der Waals surface area contributed by atoms with Crippen LogP contribution in [-0.4, -0.2) is 18.9 Å². The monoisotopic (exact) mass is 466 g/mol. The van der Waals surface area contributed by atoms with Crippen LogP contribution < -0.4 is 20.1 Å². The Kier molecular flexibility index (Phi) is 7.76. The SMILES string of the molecule is COc1cc(C(=O)NCc2cccc(C(=O)Nc3ccccc3)c2)ccc1OCc1ccccc1. The second-order valence-electron chi connectivity index (χ2n) is 7.84. The van der Waals surface area contributed by atoms with Crippen LogP contribution in [0.4, 0.5) is 5.69 Å². The van der Waals surface area contributed by atoms with E-state index < -0.39 is 0 Å². The predicted molar refractivity (Wildman–Crippen MR) is 136 cm³/mol. The van der Waals surface area contributed by atoms with Crippen molar-refractivity contribution in [3.63, 3.8) is 0 Å². The standard InChI is InChI=1S/C29H26N2O4/c1-34-27-18-24(15-16-26(27)35-20-21-9-4-2-5-10-21)28(32)30-19-22-11-8-12-23(17-22)29(33)31-25-13-6-3-7-14-25/h2-18H,19-20H2,1H3,(H,30,32)(H,31,33). The zero-order valence-corrected chi connectivity index (χ0v) is 19.4. The van der Waals surface area contributed by atoms with Crippen molar-refractivity contribution in [1.29, 1.82) is 0 Å². The molecule has 0 fully saturated rings. The van der Waals surface area contributed by atoms with Crippen molar-refractivity contribution in [1.82, 2.24) is 5.32 Å². The fourth-order valence-electron chi connectivity index (χ4n) is 3.50. The first-order valence-electron chi connectivity index (χ1n) is 11.2. The summed E-state index contributed by atoms with van der Waals surface area (Å²) in [6.45, 7) is 0.677. The molecule has 4 aromatic rings. The fraction of sp³-hybridized carbons (Fsp3) is 0.103. The highest BCUT2D eigenvalue weighted by Crippen LogP contribution is 2.29. The van der Waals surface area contributed by atoms with E-state index in [2.05, 4.69) is 10.6 Å². The number of benzene rings is 4. The number of nitrogens with one attached hydrogen (secondary N) is 2. The molecule has 0 spiro atoms. The molecule has 0 aliphatic rings. The lowest BCUT2D eigenvalue weighted by Crippen LogP contribution is -2.23. The molecule has 0 aliphatic carbocycles. The maximum Gasteiger partial charge on any atom is 0.255 e. The normalized spacial score (nSPS) is 10.3. The van der Waals surface area contributed by atoms with E-state index in [0.29, 0.717) is 29.2 Å². The van der Waals surface area contributed by atoms with Crippen molar-refractivity contribution in [3.05, 3.63) is 125 Å². The van der Waals surface area contributed by atoms with E-state index in [1.807, 2.05) is 66.7 Å². The van der Waals surface area contributed by atoms with E-state index in [4.69, 9.17) is 9.47 Å². The summed E-state index contributed by atoms with van der Waals surface area (Å²) in [6.07, 6.45) is 0. The minimum absolute atomic E-state index is 0.208. The van der Waals surface area contributed by atoms with Crippen molar-refractivity contribution in [2.24, 2.45) is 0 Å². The van der Waals surface area contributed by atoms with Gasteiger partial charge in [-0.25, -0.2) is 0 Å². The number of para-hydroxylation sites is 1. The van der Waals surface area contributed by atoms with Crippen LogP contribution in [0, 0.1) is 0 Å². The number of amides is 2. The average Bonchev–Trinajstić information content (AvgIpc) is 2.91. The van der Waals surface area contributed by atoms with Gasteiger partial charge < -0.3 is 20.1 Å². The second-order valence-corrected chi connectivity index (χ2v) is 7.84. The number of ether oxygens (including phenoxy) is 2. The topological polar surface area (TPSA) is 76.7 Å². The van der Waals surface area contributed by atoms with Crippen molar-refractivity contribution >= 4 is 17.5 Å². The van der Waals surface area contributed by atoms with E-state index in [0.717, 1.165) is 16.8 Å². The van der Waals surface area contributed by atoms with Crippen molar-refractivity contribution in [2.45, 2.75) is 13.2 Å². The van der Waals surface area contributed by atoms with Gasteiger partial charge in [0.1, 0.15) is 6.61 Å². The van der Waals surface area contributed by atoms with Crippen LogP contribution in [0.1, 0.15) is 31.8 Å². The predicted octanol–water partition coefficient (Wildman–Crippen LogP) is 5.46. The first-order valence-corrected chi connectivity index (χ1v) is 11.2. The Balaban J connectivity index is 1.36. The molecule has 176 valence electrons. The summed E-state index contributed by atoms with van der Waals surface area (Å²) in [6, 6.07) is 31.3. The Labute approximate surface area is 204 Å². The molecule has 0 aliphatic heterocycles. The molecule has 0 saturated heterocycles. The molecule has 2 N–H and O–H groups in total. The maximum absolute atomic E-state index is 12.8. The molecular formula is C29H26N2O4. The third kappa shape index (κ3) is 6.48. The molecule has 4 rings (SSSR count). The summed E-state index contributed by atoms with van der Waals surface area (Å²) >= 11 is 0. The van der Waals surface area contributed by atoms with Crippen molar-refractivity contribution < 1.29 is 19.1 Å². The van der Waals surface area contributed by atoms with Gasteiger partial charge >= 0.3 is 0 Å². The van der Waals surface area contributed by atoms with E-state index >= 15 is 0 Å². The van der Waals surface area contributed by atoms with E-state index in [1.54, 1.807) is 43.5 Å². The largest absolute Gasteiger partial charge is 0.493 e. The van der Waals surface area contributed by atoms with Gasteiger partial charge in [0, 0.05) is 23.4 Å². The highest BCUT2D eigenvalue weighted by atomic mass is 16.5. The lowest BCUT2D eigenvalue weighted by atomic mass is 10.1. The van der Waals surface area contributed by atoms with Crippen molar-refractivity contribution in [3.8, 4) is 11.5 Å². The molecule has 4 aromatic carbocycles. The van der Waals surface area contributed by atoms with Gasteiger partial charge in [-0.3, -0.25) is 9.59 Å². The quantitative estimate of drug-likeness (QED) is 0.344. The third-order valence-electron chi connectivity index (χ3n) is 5.34. The Hall–Kier alpha value is -4.58. The lowest BCUT2D eigenvalue weighted by Gasteiger charge is -2.13. The molecular weight excluding hydrogens is 440 g/mol. The van der Waals surface area contributed by atoms with Gasteiger partial charge in [0.25, 0.3) is 11.8 Å². The highest BCUT2D eigenvalue weighted by molar-refractivity contribution is 6.04. The van der Waals surface area contributed by atoms with Crippen LogP contribution in [0.2, 0.25) is 0 Å². The number of anilines is 1. The van der Waals surface area contributed by atoms with E-state index in [-0.39, 0.29) is 18.4 Å². The summed E-state index contributed by atoms with van der Waals surface area (Å²) < 4.78 is 11.3. The van der Waals surface area contributed by atoms with Gasteiger partial charge in [0.15, 0.2) is 11.5 Å². The Bertz CT molecular complexity index is 1290. The Morgan fingerprint density at radius 3 is 2.11 bits per heavy atom. The van der Waals surface area contributed by atoms with Gasteiger partial charge in [-0.1, -0.05) is 60.7 Å². The van der Waals surface area contributed by atoms with Crippen molar-refractivity contribution in [2.75, 3.05) is 12.4 Å². The number of hydrogen-bond acceptors (Lipinski definition) is 4. The summed E-state index contributed by atoms with van der Waals surface area (Å²) in [5.41, 5.74) is 3.54. The third-order valence-corrected chi connectivity index (χ3v) is 5.34. The van der Waals surface area contributed by atoms with Crippen LogP contribution >= 0.6 is 0 Å². The zero-order valence-electron chi connectivity index (χ0n) is 19.4. The zero-order chi connectivity index (χ0) is 24.5. The molecule has 0 bridgehead atoms. The summed E-state index contributed by atoms with van der Waals surface area (Å²) in [7, 11) is 1.54. The lowest BCUT2D eigenvalue weighted by molar-refractivity contribution is 0.0950. The van der Waals surface area contributed by atoms with Gasteiger partial charge in [-0.2, -0.15) is 0 Å². The molecule has 0 aromatic heterocycles. The minimum atomic E-state index is -0.253. The van der Waals surface area contributed by atoms with Gasteiger partial charge in [-0.05, 0) is 53.6 Å². The number of rotatable bonds is 9. The molecule has 0 saturated carbocycles. The molecule has 0 atom stereocenters. The van der Waals surface area contributed by atoms with Gasteiger partial charge in [0.05, 0.1) is 7.11 Å². The van der Waals surface area contributed by atoms with Crippen LogP contribution in [-0.2, 0) is 13.2 Å². The summed E-state index contributed by atoms with van der Waals surface area (Å²) in [5.74, 6) is 0.579. The van der Waals surface area contributed by atoms with Crippen LogP contribution in [0.5, 0.6) is 11.5 Å². The molecule has 6 heteroatoms. The minimum Gasteiger partial charge on any atom is -0.493 e. The summed E-state index contributed by atoms with van der Waals surface area (Å²) in [4.78, 5) is 25.3. The first-order chi connectivity index (χ1) is 17.1. The highest BCUT2D eigenvalue weighted by Gasteiger charge is 2.12. The Morgan fingerprint density at radius 2 is 1.37 bits per heavy atom. The number of carbonyl (C=O) groups is 2. The molecule has 35 heavy (non-hydrogen) atoms. The molecule has 2 amide bonds. The van der Waals surface area contributed by atoms with Crippen LogP contribution in [0.25, 0.3) is 0 Å². The van der Waals surface area contributed by atoms with Crippen LogP contribution in [0.3, 0.4) is 0 Å². The van der Waals surface area contributed by atoms with E-state index in [9.17, 15) is 9.59 Å². The average molecular weight is 467 g/mol. The molecule has 6 nitrogen and oxygen atoms in total. The summed E-state index contributed by atoms with van der Waals surface area (Å²) in [5, 5.41) is 5.76. The van der Waals surface area contributed by atoms with Gasteiger partial charge in [0.2, 0.25) is 0 Å². The number of carbonyl (C=O) groups excluding carboxylic acids is 2. The smallest absolute Gasteiger partial charge is 0.255 e. The molecule has 0 radical (unpaired) electrons. The second kappa shape index (κ2) is 11.5.